The van der Waals surface area contributed by atoms with Gasteiger partial charge in [0, 0.05) is 24.0 Å². The first kappa shape index (κ1) is 29.4. The first-order valence-electron chi connectivity index (χ1n) is 13.6. The molecule has 0 spiro atoms. The molecular formula is C32H31F3N2O4S. The molecule has 1 fully saturated rings. The second-order valence-electron chi connectivity index (χ2n) is 10.5. The van der Waals surface area contributed by atoms with Gasteiger partial charge >= 0.3 is 12.1 Å². The molecule has 0 unspecified atom stereocenters. The number of benzene rings is 3. The maximum absolute atomic E-state index is 13.8. The summed E-state index contributed by atoms with van der Waals surface area (Å²) in [6, 6.07) is 15.1. The van der Waals surface area contributed by atoms with E-state index in [0.29, 0.717) is 37.2 Å². The molecule has 220 valence electrons. The summed E-state index contributed by atoms with van der Waals surface area (Å²) in [7, 11) is 1.34. The fraction of sp³-hybridized carbons (Fsp3) is 0.312. The molecule has 1 aliphatic rings. The molecule has 0 amide bonds. The number of halogens is 3. The highest BCUT2D eigenvalue weighted by molar-refractivity contribution is 7.14. The van der Waals surface area contributed by atoms with Crippen LogP contribution in [0.3, 0.4) is 0 Å². The number of aryl methyl sites for hydroxylation is 2. The third kappa shape index (κ3) is 6.38. The molecule has 4 aromatic rings. The molecule has 0 bridgehead atoms. The van der Waals surface area contributed by atoms with Crippen LogP contribution in [0, 0.1) is 19.8 Å². The average Bonchev–Trinajstić information content (AvgIpc) is 3.46. The second-order valence-corrected chi connectivity index (χ2v) is 11.3. The number of alkyl halides is 3. The zero-order chi connectivity index (χ0) is 30.0. The number of piperidine rings is 1. The first-order valence-corrected chi connectivity index (χ1v) is 14.4. The van der Waals surface area contributed by atoms with Crippen molar-refractivity contribution in [1.29, 1.82) is 0 Å². The Morgan fingerprint density at radius 2 is 1.81 bits per heavy atom. The zero-order valence-electron chi connectivity index (χ0n) is 23.5. The SMILES string of the molecule is COc1ccc(-c2ccc(COc3ccc(C)cc3-c3csc(N4CCC(C(=O)O)CC4)n3)c(C)c2)c(C(F)(F)F)c1. The minimum atomic E-state index is -4.52. The van der Waals surface area contributed by atoms with E-state index in [1.807, 2.05) is 37.4 Å². The van der Waals surface area contributed by atoms with Gasteiger partial charge < -0.3 is 19.5 Å². The highest BCUT2D eigenvalue weighted by Crippen LogP contribution is 2.40. The molecule has 1 N–H and O–H groups in total. The van der Waals surface area contributed by atoms with Gasteiger partial charge in [-0.2, -0.15) is 13.2 Å². The van der Waals surface area contributed by atoms with Crippen molar-refractivity contribution in [3.05, 3.63) is 82.2 Å². The molecular weight excluding hydrogens is 565 g/mol. The number of carboxylic acid groups (broad SMARTS) is 1. The van der Waals surface area contributed by atoms with E-state index in [9.17, 15) is 23.1 Å². The van der Waals surface area contributed by atoms with Crippen molar-refractivity contribution in [3.8, 4) is 33.9 Å². The Bertz CT molecular complexity index is 1590. The fourth-order valence-electron chi connectivity index (χ4n) is 5.14. The number of hydrogen-bond donors (Lipinski definition) is 1. The molecule has 10 heteroatoms. The van der Waals surface area contributed by atoms with Gasteiger partial charge in [0.25, 0.3) is 0 Å². The molecule has 0 atom stereocenters. The van der Waals surface area contributed by atoms with E-state index in [1.165, 1.54) is 30.6 Å². The summed E-state index contributed by atoms with van der Waals surface area (Å²) in [5.41, 5.74) is 4.15. The fourth-order valence-corrected chi connectivity index (χ4v) is 6.02. The number of rotatable bonds is 8. The number of nitrogens with zero attached hydrogens (tertiary/aromatic N) is 2. The summed E-state index contributed by atoms with van der Waals surface area (Å²) in [6.07, 6.45) is -3.33. The lowest BCUT2D eigenvalue weighted by molar-refractivity contribution is -0.142. The molecule has 1 saturated heterocycles. The Balaban J connectivity index is 1.34. The van der Waals surface area contributed by atoms with Crippen molar-refractivity contribution in [2.45, 2.75) is 39.5 Å². The Hall–Kier alpha value is -4.05. The molecule has 42 heavy (non-hydrogen) atoms. The van der Waals surface area contributed by atoms with Crippen molar-refractivity contribution in [3.63, 3.8) is 0 Å². The summed E-state index contributed by atoms with van der Waals surface area (Å²) in [6.45, 7) is 5.38. The molecule has 0 radical (unpaired) electrons. The number of carboxylic acids is 1. The van der Waals surface area contributed by atoms with Gasteiger partial charge in [0.1, 0.15) is 18.1 Å². The van der Waals surface area contributed by atoms with Crippen LogP contribution in [-0.4, -0.2) is 36.3 Å². The number of ether oxygens (including phenoxy) is 2. The summed E-state index contributed by atoms with van der Waals surface area (Å²) >= 11 is 1.52. The third-order valence-electron chi connectivity index (χ3n) is 7.59. The standard InChI is InChI=1S/C32H31F3N2O4S/c1-19-4-9-29(26(14-19)28-18-42-31(36-28)37-12-10-21(11-13-37)30(38)39)41-17-23-6-5-22(15-20(23)2)25-8-7-24(40-3)16-27(25)32(33,34)35/h4-9,14-16,18,21H,10-13,17H2,1-3H3,(H,38,39). The summed E-state index contributed by atoms with van der Waals surface area (Å²) in [5, 5.41) is 12.1. The van der Waals surface area contributed by atoms with E-state index in [2.05, 4.69) is 4.90 Å². The van der Waals surface area contributed by atoms with E-state index >= 15 is 0 Å². The predicted molar refractivity (Wildman–Crippen MR) is 157 cm³/mol. The molecule has 6 nitrogen and oxygen atoms in total. The van der Waals surface area contributed by atoms with E-state index < -0.39 is 17.7 Å². The Labute approximate surface area is 246 Å². The van der Waals surface area contributed by atoms with Crippen LogP contribution >= 0.6 is 11.3 Å². The number of anilines is 1. The van der Waals surface area contributed by atoms with E-state index in [1.54, 1.807) is 18.2 Å². The highest BCUT2D eigenvalue weighted by Gasteiger charge is 2.34. The number of carbonyl (C=O) groups is 1. The third-order valence-corrected chi connectivity index (χ3v) is 8.49. The summed E-state index contributed by atoms with van der Waals surface area (Å²) < 4.78 is 52.6. The van der Waals surface area contributed by atoms with Gasteiger partial charge in [-0.05, 0) is 73.2 Å². The first-order chi connectivity index (χ1) is 20.0. The van der Waals surface area contributed by atoms with Crippen LogP contribution in [0.4, 0.5) is 18.3 Å². The molecule has 1 aliphatic heterocycles. The van der Waals surface area contributed by atoms with E-state index in [4.69, 9.17) is 14.5 Å². The average molecular weight is 597 g/mol. The maximum Gasteiger partial charge on any atom is 0.417 e. The lowest BCUT2D eigenvalue weighted by atomic mass is 9.96. The van der Waals surface area contributed by atoms with E-state index in [0.717, 1.165) is 39.1 Å². The van der Waals surface area contributed by atoms with Gasteiger partial charge in [-0.3, -0.25) is 4.79 Å². The number of aromatic nitrogens is 1. The Morgan fingerprint density at radius 3 is 2.48 bits per heavy atom. The second kappa shape index (κ2) is 12.1. The quantitative estimate of drug-likeness (QED) is 0.222. The maximum atomic E-state index is 13.8. The lowest BCUT2D eigenvalue weighted by Crippen LogP contribution is -2.36. The van der Waals surface area contributed by atoms with Crippen LogP contribution < -0.4 is 14.4 Å². The topological polar surface area (TPSA) is 71.9 Å². The normalized spacial score (nSPS) is 14.2. The molecule has 2 heterocycles. The Morgan fingerprint density at radius 1 is 1.05 bits per heavy atom. The largest absolute Gasteiger partial charge is 0.497 e. The number of methoxy groups -OCH3 is 1. The van der Waals surface area contributed by atoms with Crippen molar-refractivity contribution >= 4 is 22.4 Å². The van der Waals surface area contributed by atoms with Gasteiger partial charge in [0.05, 0.1) is 24.3 Å². The van der Waals surface area contributed by atoms with Crippen molar-refractivity contribution in [2.75, 3.05) is 25.1 Å². The van der Waals surface area contributed by atoms with Gasteiger partial charge in [-0.15, -0.1) is 11.3 Å². The van der Waals surface area contributed by atoms with Crippen molar-refractivity contribution in [2.24, 2.45) is 5.92 Å². The smallest absolute Gasteiger partial charge is 0.417 e. The molecule has 1 aromatic heterocycles. The lowest BCUT2D eigenvalue weighted by Gasteiger charge is -2.29. The monoisotopic (exact) mass is 596 g/mol. The summed E-state index contributed by atoms with van der Waals surface area (Å²) in [5.74, 6) is -0.248. The molecule has 0 aliphatic carbocycles. The number of aliphatic carboxylic acids is 1. The predicted octanol–water partition coefficient (Wildman–Crippen LogP) is 8.00. The molecule has 0 saturated carbocycles. The van der Waals surface area contributed by atoms with Gasteiger partial charge in [-0.1, -0.05) is 35.9 Å². The van der Waals surface area contributed by atoms with Crippen LogP contribution in [0.15, 0.2) is 60.0 Å². The molecule has 5 rings (SSSR count). The van der Waals surface area contributed by atoms with Crippen LogP contribution in [0.2, 0.25) is 0 Å². The van der Waals surface area contributed by atoms with Crippen LogP contribution in [0.1, 0.15) is 35.1 Å². The zero-order valence-corrected chi connectivity index (χ0v) is 24.3. The van der Waals surface area contributed by atoms with Gasteiger partial charge in [0.15, 0.2) is 5.13 Å². The van der Waals surface area contributed by atoms with Crippen LogP contribution in [-0.2, 0) is 17.6 Å². The van der Waals surface area contributed by atoms with Crippen LogP contribution in [0.5, 0.6) is 11.5 Å². The van der Waals surface area contributed by atoms with E-state index in [-0.39, 0.29) is 23.8 Å². The summed E-state index contributed by atoms with van der Waals surface area (Å²) in [4.78, 5) is 18.3. The minimum Gasteiger partial charge on any atom is -0.497 e. The highest BCUT2D eigenvalue weighted by atomic mass is 32.1. The number of thiazole rings is 1. The van der Waals surface area contributed by atoms with Gasteiger partial charge in [0.2, 0.25) is 0 Å². The Kier molecular flexibility index (Phi) is 8.45. The molecule has 3 aromatic carbocycles. The van der Waals surface area contributed by atoms with Gasteiger partial charge in [-0.25, -0.2) is 4.98 Å². The number of hydrogen-bond acceptors (Lipinski definition) is 6. The van der Waals surface area contributed by atoms with Crippen molar-refractivity contribution < 1.29 is 32.5 Å². The minimum absolute atomic E-state index is 0.0891. The van der Waals surface area contributed by atoms with Crippen molar-refractivity contribution in [1.82, 2.24) is 4.98 Å². The van der Waals surface area contributed by atoms with Crippen LogP contribution in [0.25, 0.3) is 22.4 Å².